The fourth-order valence-corrected chi connectivity index (χ4v) is 2.02. The first-order chi connectivity index (χ1) is 9.43. The van der Waals surface area contributed by atoms with Crippen molar-refractivity contribution >= 4 is 40.6 Å². The zero-order valence-corrected chi connectivity index (χ0v) is 12.2. The maximum atomic E-state index is 12.1. The van der Waals surface area contributed by atoms with Crippen LogP contribution in [0.4, 0.5) is 11.5 Å². The molecule has 20 heavy (non-hydrogen) atoms. The summed E-state index contributed by atoms with van der Waals surface area (Å²) in [6.45, 7) is 1.67. The Kier molecular flexibility index (Phi) is 3.93. The van der Waals surface area contributed by atoms with E-state index in [-0.39, 0.29) is 10.7 Å². The minimum Gasteiger partial charge on any atom is -0.300 e. The molecule has 102 valence electrons. The summed E-state index contributed by atoms with van der Waals surface area (Å²) in [5, 5.41) is 16.3. The molecule has 0 unspecified atom stereocenters. The molecule has 0 spiro atoms. The van der Waals surface area contributed by atoms with Crippen LogP contribution in [0.3, 0.4) is 0 Å². The Labute approximate surface area is 124 Å². The Morgan fingerprint density at radius 1 is 1.40 bits per heavy atom. The average Bonchev–Trinajstić information content (AvgIpc) is 2.67. The van der Waals surface area contributed by atoms with Crippen molar-refractivity contribution in [3.63, 3.8) is 0 Å². The number of carbonyl (C=O) groups excluding carboxylic acids is 1. The number of hydrogen-bond acceptors (Lipinski definition) is 3. The van der Waals surface area contributed by atoms with Crippen LogP contribution in [-0.2, 0) is 7.05 Å². The summed E-state index contributed by atoms with van der Waals surface area (Å²) in [5.41, 5.74) is 1.04. The molecule has 0 fully saturated rings. The number of amides is 1. The zero-order chi connectivity index (χ0) is 14.9. The first kappa shape index (κ1) is 14.3. The van der Waals surface area contributed by atoms with Crippen LogP contribution in [-0.4, -0.2) is 15.7 Å². The first-order valence-corrected chi connectivity index (χ1v) is 6.34. The molecule has 0 aliphatic heterocycles. The van der Waals surface area contributed by atoms with Crippen LogP contribution in [0.1, 0.15) is 16.1 Å². The number of carbonyl (C=O) groups is 1. The van der Waals surface area contributed by atoms with E-state index in [4.69, 9.17) is 28.6 Å². The SMILES string of the molecule is Cc1nn(C)c(NC(=O)c2ccc(Cl)c(Cl)c2)c1[N+]#N. The van der Waals surface area contributed by atoms with Crippen molar-refractivity contribution in [2.75, 3.05) is 5.32 Å². The standard InChI is InChI=1S/C12H9Cl2N5O/c1-6-10(17-15)11(19(2)18-6)16-12(20)7-3-4-8(13)9(14)5-7/h3-5H,1-2H3/p+1. The lowest BCUT2D eigenvalue weighted by Gasteiger charge is -2.04. The van der Waals surface area contributed by atoms with Gasteiger partial charge in [0, 0.05) is 12.6 Å². The number of nitrogens with zero attached hydrogens (tertiary/aromatic N) is 4. The predicted molar refractivity (Wildman–Crippen MR) is 77.1 cm³/mol. The summed E-state index contributed by atoms with van der Waals surface area (Å²) in [6.07, 6.45) is 0. The quantitative estimate of drug-likeness (QED) is 0.858. The molecule has 0 saturated carbocycles. The molecule has 2 rings (SSSR count). The number of diazo groups is 1. The van der Waals surface area contributed by atoms with Crippen molar-refractivity contribution in [1.29, 1.82) is 5.39 Å². The molecule has 1 aromatic carbocycles. The molecular formula is C12H10Cl2N5O+. The van der Waals surface area contributed by atoms with E-state index < -0.39 is 5.91 Å². The molecule has 0 aliphatic carbocycles. The van der Waals surface area contributed by atoms with Crippen LogP contribution in [0.25, 0.3) is 4.98 Å². The third kappa shape index (κ3) is 2.59. The van der Waals surface area contributed by atoms with Gasteiger partial charge in [0.1, 0.15) is 0 Å². The van der Waals surface area contributed by atoms with Crippen LogP contribution in [0, 0.1) is 12.3 Å². The van der Waals surface area contributed by atoms with Crippen LogP contribution in [0.2, 0.25) is 10.0 Å². The van der Waals surface area contributed by atoms with Gasteiger partial charge in [0.25, 0.3) is 5.91 Å². The van der Waals surface area contributed by atoms with Crippen molar-refractivity contribution < 1.29 is 4.79 Å². The summed E-state index contributed by atoms with van der Waals surface area (Å²) in [5.74, 6) is -0.113. The van der Waals surface area contributed by atoms with Crippen LogP contribution >= 0.6 is 23.2 Å². The van der Waals surface area contributed by atoms with Gasteiger partial charge in [-0.05, 0) is 25.1 Å². The van der Waals surface area contributed by atoms with Crippen LogP contribution in [0.5, 0.6) is 0 Å². The van der Waals surface area contributed by atoms with Gasteiger partial charge in [0.15, 0.2) is 10.7 Å². The van der Waals surface area contributed by atoms with E-state index >= 15 is 0 Å². The van der Waals surface area contributed by atoms with Gasteiger partial charge >= 0.3 is 5.69 Å². The maximum Gasteiger partial charge on any atom is 0.449 e. The third-order valence-corrected chi connectivity index (χ3v) is 3.44. The van der Waals surface area contributed by atoms with Crippen molar-refractivity contribution in [3.05, 3.63) is 44.5 Å². The minimum absolute atomic E-state index is 0.209. The Balaban J connectivity index is 2.33. The average molecular weight is 311 g/mol. The highest BCUT2D eigenvalue weighted by atomic mass is 35.5. The van der Waals surface area contributed by atoms with Gasteiger partial charge in [-0.15, -0.1) is 0 Å². The summed E-state index contributed by atoms with van der Waals surface area (Å²) in [6, 6.07) is 4.53. The highest BCUT2D eigenvalue weighted by Crippen LogP contribution is 2.29. The number of benzene rings is 1. The molecular weight excluding hydrogens is 301 g/mol. The highest BCUT2D eigenvalue weighted by Gasteiger charge is 2.26. The van der Waals surface area contributed by atoms with Crippen molar-refractivity contribution in [3.8, 4) is 0 Å². The van der Waals surface area contributed by atoms with E-state index in [1.165, 1.54) is 16.8 Å². The van der Waals surface area contributed by atoms with Gasteiger partial charge in [-0.2, -0.15) is 5.10 Å². The number of nitrogens with one attached hydrogen (secondary N) is 1. The smallest absolute Gasteiger partial charge is 0.300 e. The highest BCUT2D eigenvalue weighted by molar-refractivity contribution is 6.42. The summed E-state index contributed by atoms with van der Waals surface area (Å²) in [7, 11) is 1.63. The zero-order valence-electron chi connectivity index (χ0n) is 10.7. The summed E-state index contributed by atoms with van der Waals surface area (Å²) < 4.78 is 1.42. The number of rotatable bonds is 2. The summed E-state index contributed by atoms with van der Waals surface area (Å²) in [4.78, 5) is 15.3. The lowest BCUT2D eigenvalue weighted by atomic mass is 10.2. The monoisotopic (exact) mass is 310 g/mol. The molecule has 1 aromatic heterocycles. The molecule has 0 saturated heterocycles. The van der Waals surface area contributed by atoms with Gasteiger partial charge in [-0.25, -0.2) is 4.68 Å². The fourth-order valence-electron chi connectivity index (χ4n) is 1.72. The van der Waals surface area contributed by atoms with Gasteiger partial charge in [-0.1, -0.05) is 23.2 Å². The van der Waals surface area contributed by atoms with E-state index in [2.05, 4.69) is 15.4 Å². The molecule has 8 heteroatoms. The fraction of sp³-hybridized carbons (Fsp3) is 0.167. The molecule has 1 N–H and O–H groups in total. The number of aryl methyl sites for hydroxylation is 2. The number of halogens is 2. The Morgan fingerprint density at radius 2 is 2.10 bits per heavy atom. The largest absolute Gasteiger partial charge is 0.449 e. The van der Waals surface area contributed by atoms with Gasteiger partial charge in [-0.3, -0.25) is 10.1 Å². The second-order valence-electron chi connectivity index (χ2n) is 4.09. The molecule has 1 heterocycles. The van der Waals surface area contributed by atoms with Crippen molar-refractivity contribution in [1.82, 2.24) is 9.78 Å². The third-order valence-electron chi connectivity index (χ3n) is 2.70. The van der Waals surface area contributed by atoms with E-state index in [1.807, 2.05) is 0 Å². The molecule has 0 radical (unpaired) electrons. The normalized spacial score (nSPS) is 10.2. The van der Waals surface area contributed by atoms with Gasteiger partial charge in [0.05, 0.1) is 10.0 Å². The lowest BCUT2D eigenvalue weighted by molar-refractivity contribution is 0.102. The van der Waals surface area contributed by atoms with E-state index in [9.17, 15) is 4.79 Å². The van der Waals surface area contributed by atoms with Crippen molar-refractivity contribution in [2.45, 2.75) is 6.92 Å². The van der Waals surface area contributed by atoms with Gasteiger partial charge < -0.3 is 0 Å². The summed E-state index contributed by atoms with van der Waals surface area (Å²) >= 11 is 11.7. The van der Waals surface area contributed by atoms with Gasteiger partial charge in [0.2, 0.25) is 11.2 Å². The molecule has 0 aliphatic rings. The number of hydrogen-bond donors (Lipinski definition) is 1. The maximum absolute atomic E-state index is 12.1. The van der Waals surface area contributed by atoms with Crippen LogP contribution in [0.15, 0.2) is 18.2 Å². The molecule has 0 bridgehead atoms. The van der Waals surface area contributed by atoms with E-state index in [0.29, 0.717) is 22.1 Å². The Hall–Kier alpha value is -2.10. The Bertz CT molecular complexity index is 732. The lowest BCUT2D eigenvalue weighted by Crippen LogP contribution is -2.14. The van der Waals surface area contributed by atoms with E-state index in [0.717, 1.165) is 0 Å². The minimum atomic E-state index is -0.406. The predicted octanol–water partition coefficient (Wildman–Crippen LogP) is 3.77. The number of aromatic nitrogens is 2. The Morgan fingerprint density at radius 3 is 2.70 bits per heavy atom. The number of anilines is 1. The topological polar surface area (TPSA) is 75.1 Å². The second kappa shape index (κ2) is 5.49. The molecule has 1 amide bonds. The van der Waals surface area contributed by atoms with Crippen LogP contribution < -0.4 is 5.32 Å². The van der Waals surface area contributed by atoms with E-state index in [1.54, 1.807) is 20.0 Å². The molecule has 0 atom stereocenters. The van der Waals surface area contributed by atoms with Crippen molar-refractivity contribution in [2.24, 2.45) is 7.05 Å². The first-order valence-electron chi connectivity index (χ1n) is 5.59. The molecule has 2 aromatic rings. The second-order valence-corrected chi connectivity index (χ2v) is 4.90. The molecule has 6 nitrogen and oxygen atoms in total.